The first kappa shape index (κ1) is 10.5. The maximum atomic E-state index is 13.3. The van der Waals surface area contributed by atoms with Gasteiger partial charge in [-0.25, -0.2) is 4.39 Å². The van der Waals surface area contributed by atoms with Crippen molar-refractivity contribution >= 4 is 11.8 Å². The highest BCUT2D eigenvalue weighted by Gasteiger charge is 2.19. The Kier molecular flexibility index (Phi) is 2.98. The summed E-state index contributed by atoms with van der Waals surface area (Å²) in [5.74, 6) is -0.191. The van der Waals surface area contributed by atoms with Gasteiger partial charge in [-0.2, -0.15) is 0 Å². The molecule has 1 rings (SSSR count). The summed E-state index contributed by atoms with van der Waals surface area (Å²) in [4.78, 5) is 0.648. The Morgan fingerprint density at radius 2 is 2.00 bits per heavy atom. The van der Waals surface area contributed by atoms with E-state index >= 15 is 0 Å². The van der Waals surface area contributed by atoms with Crippen LogP contribution in [-0.2, 0) is 5.54 Å². The topological polar surface area (TPSA) is 26.0 Å². The largest absolute Gasteiger partial charge is 0.322 e. The van der Waals surface area contributed by atoms with Crippen molar-refractivity contribution in [1.29, 1.82) is 0 Å². The first-order chi connectivity index (χ1) is 5.96. The fraction of sp³-hybridized carbons (Fsp3) is 0.400. The van der Waals surface area contributed by atoms with Gasteiger partial charge in [0.15, 0.2) is 0 Å². The number of thioether (sulfide) groups is 1. The molecule has 0 aliphatic carbocycles. The van der Waals surface area contributed by atoms with Crippen LogP contribution in [0, 0.1) is 5.82 Å². The van der Waals surface area contributed by atoms with E-state index in [2.05, 4.69) is 0 Å². The molecule has 0 atom stereocenters. The first-order valence-electron chi connectivity index (χ1n) is 4.08. The smallest absolute Gasteiger partial charge is 0.137 e. The van der Waals surface area contributed by atoms with E-state index in [1.54, 1.807) is 6.07 Å². The second kappa shape index (κ2) is 3.68. The maximum absolute atomic E-state index is 13.3. The third-order valence-corrected chi connectivity index (χ3v) is 2.69. The molecule has 0 aliphatic heterocycles. The third kappa shape index (κ3) is 2.23. The normalized spacial score (nSPS) is 11.8. The predicted molar refractivity (Wildman–Crippen MR) is 55.4 cm³/mol. The van der Waals surface area contributed by atoms with Gasteiger partial charge in [0.25, 0.3) is 0 Å². The zero-order valence-electron chi connectivity index (χ0n) is 8.10. The van der Waals surface area contributed by atoms with Crippen LogP contribution in [-0.4, -0.2) is 6.26 Å². The number of hydrogen-bond donors (Lipinski definition) is 1. The van der Waals surface area contributed by atoms with Crippen LogP contribution in [0.3, 0.4) is 0 Å². The lowest BCUT2D eigenvalue weighted by Gasteiger charge is -2.22. The SMILES string of the molecule is CSc1c(F)cccc1C(C)(C)N. The lowest BCUT2D eigenvalue weighted by atomic mass is 9.95. The molecule has 2 N–H and O–H groups in total. The van der Waals surface area contributed by atoms with Crippen LogP contribution in [0.2, 0.25) is 0 Å². The van der Waals surface area contributed by atoms with Crippen LogP contribution >= 0.6 is 11.8 Å². The molecule has 0 saturated heterocycles. The van der Waals surface area contributed by atoms with Crippen LogP contribution in [0.5, 0.6) is 0 Å². The zero-order valence-corrected chi connectivity index (χ0v) is 8.91. The summed E-state index contributed by atoms with van der Waals surface area (Å²) >= 11 is 1.39. The molecular formula is C10H14FNS. The summed E-state index contributed by atoms with van der Waals surface area (Å²) in [5.41, 5.74) is 6.30. The molecule has 0 spiro atoms. The van der Waals surface area contributed by atoms with E-state index in [9.17, 15) is 4.39 Å². The fourth-order valence-corrected chi connectivity index (χ4v) is 2.04. The molecule has 1 aromatic rings. The average Bonchev–Trinajstić information content (AvgIpc) is 2.02. The van der Waals surface area contributed by atoms with E-state index in [0.717, 1.165) is 5.56 Å². The van der Waals surface area contributed by atoms with Crippen LogP contribution in [0.15, 0.2) is 23.1 Å². The molecule has 1 nitrogen and oxygen atoms in total. The van der Waals surface area contributed by atoms with Crippen molar-refractivity contribution in [2.24, 2.45) is 5.73 Å². The minimum atomic E-state index is -0.486. The van der Waals surface area contributed by atoms with Gasteiger partial charge in [-0.15, -0.1) is 11.8 Å². The van der Waals surface area contributed by atoms with Crippen LogP contribution in [0.25, 0.3) is 0 Å². The van der Waals surface area contributed by atoms with Gasteiger partial charge in [0.2, 0.25) is 0 Å². The molecular weight excluding hydrogens is 185 g/mol. The first-order valence-corrected chi connectivity index (χ1v) is 5.31. The molecule has 0 amide bonds. The van der Waals surface area contributed by atoms with Gasteiger partial charge in [0, 0.05) is 10.4 Å². The molecule has 0 bridgehead atoms. The summed E-state index contributed by atoms with van der Waals surface area (Å²) in [6.07, 6.45) is 1.85. The molecule has 1 aromatic carbocycles. The number of nitrogens with two attached hydrogens (primary N) is 1. The molecule has 0 radical (unpaired) electrons. The van der Waals surface area contributed by atoms with E-state index in [-0.39, 0.29) is 5.82 Å². The molecule has 3 heteroatoms. The van der Waals surface area contributed by atoms with E-state index in [0.29, 0.717) is 4.90 Å². The quantitative estimate of drug-likeness (QED) is 0.741. The number of benzene rings is 1. The van der Waals surface area contributed by atoms with Crippen LogP contribution in [0.1, 0.15) is 19.4 Å². The molecule has 72 valence electrons. The fourth-order valence-electron chi connectivity index (χ4n) is 1.22. The lowest BCUT2D eigenvalue weighted by Crippen LogP contribution is -2.29. The van der Waals surface area contributed by atoms with Gasteiger partial charge in [0.1, 0.15) is 5.82 Å². The van der Waals surface area contributed by atoms with Crippen LogP contribution < -0.4 is 5.73 Å². The summed E-state index contributed by atoms with van der Waals surface area (Å²) in [7, 11) is 0. The second-order valence-electron chi connectivity index (χ2n) is 3.54. The molecule has 0 unspecified atom stereocenters. The van der Waals surface area contributed by atoms with Crippen molar-refractivity contribution in [3.8, 4) is 0 Å². The Labute approximate surface area is 82.5 Å². The third-order valence-electron chi connectivity index (χ3n) is 1.87. The maximum Gasteiger partial charge on any atom is 0.137 e. The highest BCUT2D eigenvalue weighted by molar-refractivity contribution is 7.98. The number of halogens is 1. The van der Waals surface area contributed by atoms with Crippen molar-refractivity contribution in [3.05, 3.63) is 29.6 Å². The van der Waals surface area contributed by atoms with Gasteiger partial charge < -0.3 is 5.73 Å². The van der Waals surface area contributed by atoms with Crippen molar-refractivity contribution in [1.82, 2.24) is 0 Å². The standard InChI is InChI=1S/C10H14FNS/c1-10(2,12)7-5-4-6-8(11)9(7)13-3/h4-6H,12H2,1-3H3. The van der Waals surface area contributed by atoms with E-state index in [1.807, 2.05) is 26.2 Å². The summed E-state index contributed by atoms with van der Waals surface area (Å²) in [5, 5.41) is 0. The predicted octanol–water partition coefficient (Wildman–Crippen LogP) is 2.74. The molecule has 0 fully saturated rings. The molecule has 0 aromatic heterocycles. The van der Waals surface area contributed by atoms with E-state index < -0.39 is 5.54 Å². The molecule has 0 heterocycles. The molecule has 13 heavy (non-hydrogen) atoms. The van der Waals surface area contributed by atoms with Gasteiger partial charge in [0.05, 0.1) is 0 Å². The Hall–Kier alpha value is -0.540. The summed E-state index contributed by atoms with van der Waals surface area (Å²) < 4.78 is 13.3. The average molecular weight is 199 g/mol. The highest BCUT2D eigenvalue weighted by Crippen LogP contribution is 2.30. The minimum absolute atomic E-state index is 0.191. The molecule has 0 aliphatic rings. The van der Waals surface area contributed by atoms with Crippen LogP contribution in [0.4, 0.5) is 4.39 Å². The summed E-state index contributed by atoms with van der Waals surface area (Å²) in [6, 6.07) is 5.02. The van der Waals surface area contributed by atoms with Crippen molar-refractivity contribution in [2.75, 3.05) is 6.26 Å². The minimum Gasteiger partial charge on any atom is -0.322 e. The highest BCUT2D eigenvalue weighted by atomic mass is 32.2. The Balaban J connectivity index is 3.29. The van der Waals surface area contributed by atoms with Crippen molar-refractivity contribution in [3.63, 3.8) is 0 Å². The number of rotatable bonds is 2. The van der Waals surface area contributed by atoms with Gasteiger partial charge >= 0.3 is 0 Å². The van der Waals surface area contributed by atoms with Crippen molar-refractivity contribution in [2.45, 2.75) is 24.3 Å². The Morgan fingerprint density at radius 3 is 2.38 bits per heavy atom. The summed E-state index contributed by atoms with van der Waals surface area (Å²) in [6.45, 7) is 3.75. The monoisotopic (exact) mass is 199 g/mol. The Bertz CT molecular complexity index is 304. The van der Waals surface area contributed by atoms with Crippen molar-refractivity contribution < 1.29 is 4.39 Å². The van der Waals surface area contributed by atoms with Gasteiger partial charge in [-0.05, 0) is 31.7 Å². The lowest BCUT2D eigenvalue weighted by molar-refractivity contribution is 0.521. The van der Waals surface area contributed by atoms with Gasteiger partial charge in [-0.3, -0.25) is 0 Å². The number of hydrogen-bond acceptors (Lipinski definition) is 2. The van der Waals surface area contributed by atoms with E-state index in [4.69, 9.17) is 5.73 Å². The molecule has 0 saturated carbocycles. The van der Waals surface area contributed by atoms with E-state index in [1.165, 1.54) is 17.8 Å². The van der Waals surface area contributed by atoms with Gasteiger partial charge in [-0.1, -0.05) is 12.1 Å². The second-order valence-corrected chi connectivity index (χ2v) is 4.36. The zero-order chi connectivity index (χ0) is 10.1. The Morgan fingerprint density at radius 1 is 1.38 bits per heavy atom.